The molecule has 0 aliphatic heterocycles. The van der Waals surface area contributed by atoms with Crippen LogP contribution in [0.25, 0.3) is 0 Å². The van der Waals surface area contributed by atoms with Crippen molar-refractivity contribution in [2.45, 2.75) is 23.5 Å². The fourth-order valence-corrected chi connectivity index (χ4v) is 2.75. The van der Waals surface area contributed by atoms with Crippen LogP contribution in [0.1, 0.15) is 13.3 Å². The van der Waals surface area contributed by atoms with Crippen LogP contribution >= 0.6 is 0 Å². The quantitative estimate of drug-likeness (QED) is 0.786. The molecular weight excluding hydrogens is 266 g/mol. The molecular formula is C11H12F2O4S. The van der Waals surface area contributed by atoms with Crippen molar-refractivity contribution in [1.29, 1.82) is 0 Å². The number of benzene rings is 1. The van der Waals surface area contributed by atoms with Gasteiger partial charge in [0.2, 0.25) is 0 Å². The van der Waals surface area contributed by atoms with E-state index in [0.29, 0.717) is 6.07 Å². The number of halogens is 2. The number of carbonyl (C=O) groups is 1. The van der Waals surface area contributed by atoms with Crippen LogP contribution in [0.5, 0.6) is 0 Å². The first-order valence-electron chi connectivity index (χ1n) is 5.04. The Bertz CT molecular complexity index is 554. The maximum atomic E-state index is 13.4. The lowest BCUT2D eigenvalue weighted by atomic mass is 10.3. The summed E-state index contributed by atoms with van der Waals surface area (Å²) >= 11 is 0. The highest BCUT2D eigenvalue weighted by atomic mass is 32.2. The number of hydrogen-bond acceptors (Lipinski definition) is 4. The molecule has 0 heterocycles. The molecule has 18 heavy (non-hydrogen) atoms. The molecule has 4 nitrogen and oxygen atoms in total. The fraction of sp³-hybridized carbons (Fsp3) is 0.364. The van der Waals surface area contributed by atoms with Crippen molar-refractivity contribution in [1.82, 2.24) is 0 Å². The van der Waals surface area contributed by atoms with Crippen molar-refractivity contribution in [2.24, 2.45) is 0 Å². The largest absolute Gasteiger partial charge is 0.469 e. The van der Waals surface area contributed by atoms with E-state index >= 15 is 0 Å². The molecule has 0 radical (unpaired) electrons. The van der Waals surface area contributed by atoms with Gasteiger partial charge in [-0.25, -0.2) is 17.2 Å². The molecule has 1 rings (SSSR count). The molecule has 1 aromatic rings. The van der Waals surface area contributed by atoms with Gasteiger partial charge in [0.1, 0.15) is 16.5 Å². The highest BCUT2D eigenvalue weighted by molar-refractivity contribution is 7.92. The van der Waals surface area contributed by atoms with Crippen molar-refractivity contribution < 1.29 is 26.7 Å². The molecule has 0 saturated carbocycles. The minimum atomic E-state index is -4.11. The van der Waals surface area contributed by atoms with Gasteiger partial charge in [-0.3, -0.25) is 4.79 Å². The average Bonchev–Trinajstić information content (AvgIpc) is 2.31. The van der Waals surface area contributed by atoms with Gasteiger partial charge in [-0.15, -0.1) is 0 Å². The first-order valence-corrected chi connectivity index (χ1v) is 6.59. The van der Waals surface area contributed by atoms with E-state index < -0.39 is 44.0 Å². The monoisotopic (exact) mass is 278 g/mol. The minimum absolute atomic E-state index is 0.422. The number of carbonyl (C=O) groups excluding carboxylic acids is 1. The van der Waals surface area contributed by atoms with Crippen molar-refractivity contribution in [3.63, 3.8) is 0 Å². The summed E-state index contributed by atoms with van der Waals surface area (Å²) in [4.78, 5) is 10.2. The molecule has 0 saturated heterocycles. The van der Waals surface area contributed by atoms with E-state index in [2.05, 4.69) is 4.74 Å². The van der Waals surface area contributed by atoms with Gasteiger partial charge in [-0.2, -0.15) is 0 Å². The van der Waals surface area contributed by atoms with Crippen LogP contribution in [0.3, 0.4) is 0 Å². The second-order valence-corrected chi connectivity index (χ2v) is 6.05. The number of hydrogen-bond donors (Lipinski definition) is 0. The summed E-state index contributed by atoms with van der Waals surface area (Å²) < 4.78 is 54.5. The summed E-state index contributed by atoms with van der Waals surface area (Å²) in [6.07, 6.45) is -0.422. The number of methoxy groups -OCH3 is 1. The van der Waals surface area contributed by atoms with E-state index in [0.717, 1.165) is 19.2 Å². The third kappa shape index (κ3) is 3.04. The van der Waals surface area contributed by atoms with Gasteiger partial charge in [0.05, 0.1) is 18.8 Å². The standard InChI is InChI=1S/C11H12F2O4S/c1-7(5-11(14)17-2)18(15,16)10-6-8(12)3-4-9(10)13/h3-4,6-7H,5H2,1-2H3. The third-order valence-electron chi connectivity index (χ3n) is 2.41. The van der Waals surface area contributed by atoms with E-state index in [1.165, 1.54) is 6.92 Å². The molecule has 0 amide bonds. The van der Waals surface area contributed by atoms with Crippen molar-refractivity contribution >= 4 is 15.8 Å². The fourth-order valence-electron chi connectivity index (χ4n) is 1.34. The second-order valence-electron chi connectivity index (χ2n) is 3.71. The molecule has 1 atom stereocenters. The highest BCUT2D eigenvalue weighted by Crippen LogP contribution is 2.22. The Balaban J connectivity index is 3.13. The molecule has 0 aromatic heterocycles. The summed E-state index contributed by atoms with van der Waals surface area (Å²) in [5.74, 6) is -2.64. The van der Waals surface area contributed by atoms with E-state index in [-0.39, 0.29) is 0 Å². The van der Waals surface area contributed by atoms with Gasteiger partial charge in [-0.05, 0) is 25.1 Å². The average molecular weight is 278 g/mol. The molecule has 7 heteroatoms. The van der Waals surface area contributed by atoms with E-state index in [1.54, 1.807) is 0 Å². The number of esters is 1. The smallest absolute Gasteiger partial charge is 0.306 e. The Morgan fingerprint density at radius 2 is 2.00 bits per heavy atom. The third-order valence-corrected chi connectivity index (χ3v) is 4.56. The second kappa shape index (κ2) is 5.43. The summed E-state index contributed by atoms with van der Waals surface area (Å²) in [5.41, 5.74) is 0. The van der Waals surface area contributed by atoms with Gasteiger partial charge in [-0.1, -0.05) is 0 Å². The Morgan fingerprint density at radius 3 is 2.56 bits per heavy atom. The lowest BCUT2D eigenvalue weighted by Crippen LogP contribution is -2.23. The van der Waals surface area contributed by atoms with Gasteiger partial charge >= 0.3 is 5.97 Å². The maximum absolute atomic E-state index is 13.4. The predicted octanol–water partition coefficient (Wildman–Crippen LogP) is 1.69. The van der Waals surface area contributed by atoms with Crippen LogP contribution in [0.15, 0.2) is 23.1 Å². The zero-order chi connectivity index (χ0) is 13.9. The Labute approximate surface area is 103 Å². The topological polar surface area (TPSA) is 60.4 Å². The number of sulfone groups is 1. The minimum Gasteiger partial charge on any atom is -0.469 e. The van der Waals surface area contributed by atoms with E-state index in [4.69, 9.17) is 0 Å². The lowest BCUT2D eigenvalue weighted by Gasteiger charge is -2.12. The van der Waals surface area contributed by atoms with Crippen LogP contribution in [0.4, 0.5) is 8.78 Å². The normalized spacial score (nSPS) is 13.1. The van der Waals surface area contributed by atoms with Crippen molar-refractivity contribution in [2.75, 3.05) is 7.11 Å². The summed E-state index contributed by atoms with van der Waals surface area (Å²) in [6, 6.07) is 2.14. The van der Waals surface area contributed by atoms with Gasteiger partial charge in [0.15, 0.2) is 9.84 Å². The lowest BCUT2D eigenvalue weighted by molar-refractivity contribution is -0.140. The molecule has 100 valence electrons. The Morgan fingerprint density at radius 1 is 1.39 bits per heavy atom. The molecule has 1 aromatic carbocycles. The predicted molar refractivity (Wildman–Crippen MR) is 59.6 cm³/mol. The molecule has 0 bridgehead atoms. The Kier molecular flexibility index (Phi) is 4.39. The van der Waals surface area contributed by atoms with Crippen molar-refractivity contribution in [3.8, 4) is 0 Å². The molecule has 0 fully saturated rings. The zero-order valence-corrected chi connectivity index (χ0v) is 10.6. The first-order chi connectivity index (χ1) is 8.28. The number of rotatable bonds is 4. The van der Waals surface area contributed by atoms with E-state index in [1.807, 2.05) is 0 Å². The first kappa shape index (κ1) is 14.6. The van der Waals surface area contributed by atoms with Crippen LogP contribution in [0.2, 0.25) is 0 Å². The van der Waals surface area contributed by atoms with Crippen LogP contribution in [-0.4, -0.2) is 26.7 Å². The molecule has 0 aliphatic rings. The van der Waals surface area contributed by atoms with Crippen LogP contribution in [-0.2, 0) is 19.4 Å². The molecule has 1 unspecified atom stereocenters. The molecule has 0 aliphatic carbocycles. The van der Waals surface area contributed by atoms with Crippen LogP contribution in [0, 0.1) is 11.6 Å². The number of ether oxygens (including phenoxy) is 1. The SMILES string of the molecule is COC(=O)CC(C)S(=O)(=O)c1cc(F)ccc1F. The van der Waals surface area contributed by atoms with Gasteiger partial charge in [0, 0.05) is 0 Å². The maximum Gasteiger partial charge on any atom is 0.306 e. The summed E-state index contributed by atoms with van der Waals surface area (Å²) in [5, 5.41) is -1.19. The molecule has 0 N–H and O–H groups in total. The van der Waals surface area contributed by atoms with Crippen LogP contribution < -0.4 is 0 Å². The zero-order valence-electron chi connectivity index (χ0n) is 9.81. The molecule has 0 spiro atoms. The summed E-state index contributed by atoms with van der Waals surface area (Å²) in [6.45, 7) is 1.23. The van der Waals surface area contributed by atoms with E-state index in [9.17, 15) is 22.0 Å². The Hall–Kier alpha value is -1.50. The van der Waals surface area contributed by atoms with Crippen molar-refractivity contribution in [3.05, 3.63) is 29.8 Å². The van der Waals surface area contributed by atoms with Gasteiger partial charge in [0.25, 0.3) is 0 Å². The van der Waals surface area contributed by atoms with Gasteiger partial charge < -0.3 is 4.74 Å². The summed E-state index contributed by atoms with van der Waals surface area (Å²) in [7, 11) is -3.00. The highest BCUT2D eigenvalue weighted by Gasteiger charge is 2.29.